The van der Waals surface area contributed by atoms with Gasteiger partial charge < -0.3 is 11.1 Å². The van der Waals surface area contributed by atoms with Gasteiger partial charge in [0.2, 0.25) is 0 Å². The number of fused-ring (bicyclic) bond motifs is 1. The molecule has 1 aromatic heterocycles. The van der Waals surface area contributed by atoms with Crippen molar-refractivity contribution in [3.63, 3.8) is 0 Å². The Kier molecular flexibility index (Phi) is 3.70. The van der Waals surface area contributed by atoms with Crippen molar-refractivity contribution < 1.29 is 0 Å². The van der Waals surface area contributed by atoms with Crippen molar-refractivity contribution in [3.05, 3.63) is 30.5 Å². The van der Waals surface area contributed by atoms with Gasteiger partial charge >= 0.3 is 0 Å². The molecule has 3 nitrogen and oxygen atoms in total. The van der Waals surface area contributed by atoms with Gasteiger partial charge in [0.25, 0.3) is 0 Å². The fourth-order valence-corrected chi connectivity index (χ4v) is 1.84. The summed E-state index contributed by atoms with van der Waals surface area (Å²) in [5, 5.41) is 4.49. The zero-order valence-corrected chi connectivity index (χ0v) is 11.3. The number of nitrogens with zero attached hydrogens (tertiary/aromatic N) is 1. The smallest absolute Gasteiger partial charge is 0.0953 e. The van der Waals surface area contributed by atoms with Crippen LogP contribution in [0.1, 0.15) is 20.8 Å². The van der Waals surface area contributed by atoms with Crippen molar-refractivity contribution in [1.82, 2.24) is 4.98 Å². The number of nitrogens with two attached hydrogens (primary N) is 1. The van der Waals surface area contributed by atoms with Gasteiger partial charge in [0.15, 0.2) is 0 Å². The third kappa shape index (κ3) is 2.55. The van der Waals surface area contributed by atoms with E-state index in [-0.39, 0.29) is 0 Å². The molecule has 1 atom stereocenters. The first-order chi connectivity index (χ1) is 8.59. The van der Waals surface area contributed by atoms with E-state index in [9.17, 15) is 0 Å². The van der Waals surface area contributed by atoms with Gasteiger partial charge in [0.05, 0.1) is 11.2 Å². The average Bonchev–Trinajstić information content (AvgIpc) is 2.38. The summed E-state index contributed by atoms with van der Waals surface area (Å²) < 4.78 is 0. The van der Waals surface area contributed by atoms with Gasteiger partial charge in [-0.05, 0) is 36.1 Å². The summed E-state index contributed by atoms with van der Waals surface area (Å²) in [6.07, 6.45) is 1.80. The Hall–Kier alpha value is -1.77. The second kappa shape index (κ2) is 5.25. The summed E-state index contributed by atoms with van der Waals surface area (Å²) >= 11 is 0. The topological polar surface area (TPSA) is 50.9 Å². The van der Waals surface area contributed by atoms with Crippen LogP contribution in [0.4, 0.5) is 11.4 Å². The first-order valence-electron chi connectivity index (χ1n) is 6.46. The van der Waals surface area contributed by atoms with Crippen molar-refractivity contribution in [3.8, 4) is 0 Å². The van der Waals surface area contributed by atoms with Crippen LogP contribution in [0, 0.1) is 11.8 Å². The van der Waals surface area contributed by atoms with E-state index in [0.29, 0.717) is 11.8 Å². The third-order valence-electron chi connectivity index (χ3n) is 3.56. The number of nitrogen functional groups attached to an aromatic ring is 1. The Morgan fingerprint density at radius 2 is 2.00 bits per heavy atom. The molecule has 3 heteroatoms. The summed E-state index contributed by atoms with van der Waals surface area (Å²) in [5.41, 5.74) is 8.75. The lowest BCUT2D eigenvalue weighted by Crippen LogP contribution is -2.16. The number of aromatic nitrogens is 1. The van der Waals surface area contributed by atoms with Gasteiger partial charge in [0, 0.05) is 23.8 Å². The van der Waals surface area contributed by atoms with Gasteiger partial charge in [-0.3, -0.25) is 4.98 Å². The monoisotopic (exact) mass is 243 g/mol. The number of hydrogen-bond acceptors (Lipinski definition) is 3. The van der Waals surface area contributed by atoms with Crippen LogP contribution in [-0.4, -0.2) is 11.5 Å². The highest BCUT2D eigenvalue weighted by Gasteiger charge is 2.09. The van der Waals surface area contributed by atoms with Crippen LogP contribution in [-0.2, 0) is 0 Å². The van der Waals surface area contributed by atoms with E-state index in [1.807, 2.05) is 24.3 Å². The molecule has 1 heterocycles. The second-order valence-corrected chi connectivity index (χ2v) is 5.20. The van der Waals surface area contributed by atoms with Crippen molar-refractivity contribution >= 4 is 22.3 Å². The summed E-state index contributed by atoms with van der Waals surface area (Å²) in [6.45, 7) is 7.69. The lowest BCUT2D eigenvalue weighted by molar-refractivity contribution is 0.440. The molecule has 0 saturated heterocycles. The summed E-state index contributed by atoms with van der Waals surface area (Å²) in [7, 11) is 0. The van der Waals surface area contributed by atoms with Crippen molar-refractivity contribution in [2.75, 3.05) is 17.6 Å². The summed E-state index contributed by atoms with van der Waals surface area (Å²) in [5.74, 6) is 1.30. The highest BCUT2D eigenvalue weighted by atomic mass is 14.9. The molecule has 2 aromatic rings. The quantitative estimate of drug-likeness (QED) is 0.808. The van der Waals surface area contributed by atoms with E-state index in [4.69, 9.17) is 5.73 Å². The third-order valence-corrected chi connectivity index (χ3v) is 3.56. The van der Waals surface area contributed by atoms with Crippen molar-refractivity contribution in [1.29, 1.82) is 0 Å². The van der Waals surface area contributed by atoms with Gasteiger partial charge in [-0.15, -0.1) is 0 Å². The van der Waals surface area contributed by atoms with E-state index in [1.165, 1.54) is 0 Å². The Labute approximate surface area is 108 Å². The Morgan fingerprint density at radius 3 is 2.72 bits per heavy atom. The maximum absolute atomic E-state index is 5.96. The molecule has 18 heavy (non-hydrogen) atoms. The molecule has 0 aliphatic rings. The number of pyridine rings is 1. The van der Waals surface area contributed by atoms with Crippen LogP contribution >= 0.6 is 0 Å². The first-order valence-corrected chi connectivity index (χ1v) is 6.46. The molecule has 3 N–H and O–H groups in total. The zero-order valence-electron chi connectivity index (χ0n) is 11.3. The summed E-state index contributed by atoms with van der Waals surface area (Å²) in [4.78, 5) is 4.42. The highest BCUT2D eigenvalue weighted by molar-refractivity contribution is 5.98. The van der Waals surface area contributed by atoms with Crippen LogP contribution in [0.2, 0.25) is 0 Å². The predicted octanol–water partition coefficient (Wildman–Crippen LogP) is 3.52. The maximum atomic E-state index is 5.96. The minimum atomic E-state index is 0.626. The molecule has 0 amide bonds. The minimum Gasteiger partial charge on any atom is -0.398 e. The lowest BCUT2D eigenvalue weighted by Gasteiger charge is -2.18. The Balaban J connectivity index is 2.26. The number of nitrogens with one attached hydrogen (secondary N) is 1. The lowest BCUT2D eigenvalue weighted by atomic mass is 9.98. The van der Waals surface area contributed by atoms with E-state index >= 15 is 0 Å². The van der Waals surface area contributed by atoms with E-state index < -0.39 is 0 Å². The average molecular weight is 243 g/mol. The van der Waals surface area contributed by atoms with Gasteiger partial charge in [0.1, 0.15) is 0 Å². The minimum absolute atomic E-state index is 0.626. The molecule has 0 saturated carbocycles. The highest BCUT2D eigenvalue weighted by Crippen LogP contribution is 2.26. The number of anilines is 2. The molecule has 0 spiro atoms. The van der Waals surface area contributed by atoms with Crippen LogP contribution in [0.3, 0.4) is 0 Å². The molecule has 0 radical (unpaired) electrons. The number of benzene rings is 1. The molecule has 0 aliphatic heterocycles. The molecule has 1 aromatic carbocycles. The molecular weight excluding hydrogens is 222 g/mol. The first kappa shape index (κ1) is 12.7. The fraction of sp³-hybridized carbons (Fsp3) is 0.400. The maximum Gasteiger partial charge on any atom is 0.0953 e. The second-order valence-electron chi connectivity index (χ2n) is 5.20. The van der Waals surface area contributed by atoms with Crippen LogP contribution in [0.15, 0.2) is 30.5 Å². The summed E-state index contributed by atoms with van der Waals surface area (Å²) in [6, 6.07) is 7.87. The van der Waals surface area contributed by atoms with Crippen LogP contribution < -0.4 is 11.1 Å². The number of hydrogen-bond donors (Lipinski definition) is 2. The van der Waals surface area contributed by atoms with Gasteiger partial charge in [-0.25, -0.2) is 0 Å². The number of rotatable bonds is 4. The fourth-order valence-electron chi connectivity index (χ4n) is 1.84. The molecule has 0 bridgehead atoms. The van der Waals surface area contributed by atoms with E-state index in [2.05, 4.69) is 31.1 Å². The molecule has 1 unspecified atom stereocenters. The standard InChI is InChI=1S/C15H21N3/c1-10(2)11(3)9-18-14-7-6-13(16)12-5-4-8-17-15(12)14/h4-8,10-11,18H,9,16H2,1-3H3. The van der Waals surface area contributed by atoms with E-state index in [1.54, 1.807) is 6.20 Å². The molecule has 96 valence electrons. The molecule has 0 fully saturated rings. The van der Waals surface area contributed by atoms with Crippen molar-refractivity contribution in [2.45, 2.75) is 20.8 Å². The molecule has 2 rings (SSSR count). The Morgan fingerprint density at radius 1 is 1.22 bits per heavy atom. The van der Waals surface area contributed by atoms with Gasteiger partial charge in [-0.1, -0.05) is 20.8 Å². The SMILES string of the molecule is CC(C)C(C)CNc1ccc(N)c2cccnc12. The normalized spacial score (nSPS) is 12.9. The Bertz CT molecular complexity index is 534. The zero-order chi connectivity index (χ0) is 13.1. The largest absolute Gasteiger partial charge is 0.398 e. The van der Waals surface area contributed by atoms with Crippen LogP contribution in [0.25, 0.3) is 10.9 Å². The van der Waals surface area contributed by atoms with Gasteiger partial charge in [-0.2, -0.15) is 0 Å². The molecular formula is C15H21N3. The predicted molar refractivity (Wildman–Crippen MR) is 78.6 cm³/mol. The van der Waals surface area contributed by atoms with E-state index in [0.717, 1.165) is 28.8 Å². The van der Waals surface area contributed by atoms with Crippen molar-refractivity contribution in [2.24, 2.45) is 11.8 Å². The molecule has 0 aliphatic carbocycles. The van der Waals surface area contributed by atoms with Crippen LogP contribution in [0.5, 0.6) is 0 Å².